The average molecular weight is 369 g/mol. The van der Waals surface area contributed by atoms with Gasteiger partial charge in [-0.25, -0.2) is 9.37 Å². The van der Waals surface area contributed by atoms with Gasteiger partial charge in [-0.1, -0.05) is 12.1 Å². The number of benzene rings is 1. The summed E-state index contributed by atoms with van der Waals surface area (Å²) in [5, 5.41) is 3.21. The molecule has 0 saturated carbocycles. The third-order valence-electron chi connectivity index (χ3n) is 5.54. The van der Waals surface area contributed by atoms with Crippen LogP contribution < -0.4 is 10.2 Å². The summed E-state index contributed by atoms with van der Waals surface area (Å²) in [4.78, 5) is 25.3. The molecule has 0 spiro atoms. The molecule has 2 fully saturated rings. The van der Waals surface area contributed by atoms with Gasteiger partial charge >= 0.3 is 0 Å². The van der Waals surface area contributed by atoms with Gasteiger partial charge in [0.2, 0.25) is 11.9 Å². The number of carbonyl (C=O) groups is 1. The lowest BCUT2D eigenvalue weighted by Gasteiger charge is -2.29. The number of aromatic nitrogens is 2. The Balaban J connectivity index is 1.60. The number of halogens is 1. The normalized spacial score (nSPS) is 24.2. The largest absolute Gasteiger partial charge is 0.370 e. The Morgan fingerprint density at radius 1 is 1.30 bits per heavy atom. The van der Waals surface area contributed by atoms with Crippen LogP contribution in [0.4, 0.5) is 16.2 Å². The molecule has 2 aromatic rings. The van der Waals surface area contributed by atoms with Crippen LogP contribution in [0.1, 0.15) is 25.5 Å². The number of carbonyl (C=O) groups excluding carboxylic acids is 1. The van der Waals surface area contributed by atoms with Crippen molar-refractivity contribution in [1.82, 2.24) is 14.9 Å². The maximum Gasteiger partial charge on any atom is 0.227 e. The summed E-state index contributed by atoms with van der Waals surface area (Å²) in [6, 6.07) is 8.37. The summed E-state index contributed by atoms with van der Waals surface area (Å²) in [6.45, 7) is 6.67. The van der Waals surface area contributed by atoms with E-state index in [0.717, 1.165) is 31.0 Å². The van der Waals surface area contributed by atoms with Crippen molar-refractivity contribution >= 4 is 17.7 Å². The minimum atomic E-state index is -0.268. The maximum absolute atomic E-state index is 13.8. The van der Waals surface area contributed by atoms with Gasteiger partial charge in [-0.15, -0.1) is 0 Å². The molecule has 0 aliphatic carbocycles. The fourth-order valence-corrected chi connectivity index (χ4v) is 4.43. The molecule has 1 aromatic heterocycles. The van der Waals surface area contributed by atoms with Crippen LogP contribution >= 0.6 is 0 Å². The standard InChI is InChI=1S/C20H24FN5O/c1-3-22-18-7-8-23-20(24-18)25-10-15-11-26(13(2)27)19(17(15)12-25)14-5-4-6-16(21)9-14/h4-9,15,17,19H,3,10-12H2,1-2H3,(H,22,23,24)/t15-,17-,19+/m1/s1. The second-order valence-electron chi connectivity index (χ2n) is 7.27. The number of amides is 1. The van der Waals surface area contributed by atoms with E-state index in [2.05, 4.69) is 20.2 Å². The van der Waals surface area contributed by atoms with E-state index in [1.165, 1.54) is 6.07 Å². The van der Waals surface area contributed by atoms with E-state index in [-0.39, 0.29) is 23.7 Å². The summed E-state index contributed by atoms with van der Waals surface area (Å²) >= 11 is 0. The van der Waals surface area contributed by atoms with Crippen molar-refractivity contribution in [2.45, 2.75) is 19.9 Å². The molecule has 2 aliphatic rings. The number of fused-ring (bicyclic) bond motifs is 1. The second-order valence-corrected chi connectivity index (χ2v) is 7.27. The summed E-state index contributed by atoms with van der Waals surface area (Å²) in [5.41, 5.74) is 0.863. The summed E-state index contributed by atoms with van der Waals surface area (Å²) in [7, 11) is 0. The Morgan fingerprint density at radius 3 is 2.89 bits per heavy atom. The minimum Gasteiger partial charge on any atom is -0.370 e. The van der Waals surface area contributed by atoms with Crippen molar-refractivity contribution < 1.29 is 9.18 Å². The first-order valence-electron chi connectivity index (χ1n) is 9.41. The molecular formula is C20H24FN5O. The number of rotatable bonds is 4. The van der Waals surface area contributed by atoms with Gasteiger partial charge in [-0.2, -0.15) is 4.98 Å². The topological polar surface area (TPSA) is 61.4 Å². The minimum absolute atomic E-state index is 0.0376. The first-order chi connectivity index (χ1) is 13.1. The van der Waals surface area contributed by atoms with Crippen LogP contribution in [0.5, 0.6) is 0 Å². The zero-order chi connectivity index (χ0) is 19.0. The van der Waals surface area contributed by atoms with E-state index < -0.39 is 0 Å². The fraction of sp³-hybridized carbons (Fsp3) is 0.450. The molecule has 3 atom stereocenters. The Kier molecular flexibility index (Phi) is 4.68. The van der Waals surface area contributed by atoms with E-state index >= 15 is 0 Å². The molecule has 7 heteroatoms. The van der Waals surface area contributed by atoms with Gasteiger partial charge in [0.05, 0.1) is 6.04 Å². The maximum atomic E-state index is 13.8. The summed E-state index contributed by atoms with van der Waals surface area (Å²) in [5.74, 6) is 1.85. The Hall–Kier alpha value is -2.70. The van der Waals surface area contributed by atoms with Gasteiger partial charge in [-0.3, -0.25) is 4.79 Å². The molecule has 142 valence electrons. The van der Waals surface area contributed by atoms with Crippen molar-refractivity contribution in [1.29, 1.82) is 0 Å². The van der Waals surface area contributed by atoms with Gasteiger partial charge < -0.3 is 15.1 Å². The van der Waals surface area contributed by atoms with Crippen LogP contribution in [-0.4, -0.2) is 47.0 Å². The lowest BCUT2D eigenvalue weighted by atomic mass is 9.89. The number of likely N-dealkylation sites (tertiary alicyclic amines) is 1. The molecule has 0 radical (unpaired) electrons. The zero-order valence-electron chi connectivity index (χ0n) is 15.6. The molecule has 3 heterocycles. The molecule has 27 heavy (non-hydrogen) atoms. The number of nitrogens with zero attached hydrogens (tertiary/aromatic N) is 4. The van der Waals surface area contributed by atoms with Crippen LogP contribution in [0.15, 0.2) is 36.5 Å². The van der Waals surface area contributed by atoms with Crippen LogP contribution in [-0.2, 0) is 4.79 Å². The van der Waals surface area contributed by atoms with Gasteiger partial charge in [0.25, 0.3) is 0 Å². The highest BCUT2D eigenvalue weighted by molar-refractivity contribution is 5.74. The molecule has 1 amide bonds. The van der Waals surface area contributed by atoms with Crippen LogP contribution in [0.25, 0.3) is 0 Å². The molecule has 6 nitrogen and oxygen atoms in total. The third kappa shape index (κ3) is 3.34. The van der Waals surface area contributed by atoms with Crippen molar-refractivity contribution in [3.63, 3.8) is 0 Å². The molecule has 1 N–H and O–H groups in total. The summed E-state index contributed by atoms with van der Waals surface area (Å²) < 4.78 is 13.8. The van der Waals surface area contributed by atoms with Gasteiger partial charge in [-0.05, 0) is 30.7 Å². The number of anilines is 2. The molecule has 0 unspecified atom stereocenters. The molecular weight excluding hydrogens is 345 g/mol. The van der Waals surface area contributed by atoms with Crippen LogP contribution in [0.3, 0.4) is 0 Å². The predicted octanol–water partition coefficient (Wildman–Crippen LogP) is 2.70. The molecule has 1 aromatic carbocycles. The smallest absolute Gasteiger partial charge is 0.227 e. The van der Waals surface area contributed by atoms with E-state index in [9.17, 15) is 9.18 Å². The van der Waals surface area contributed by atoms with Crippen molar-refractivity contribution in [2.75, 3.05) is 36.4 Å². The van der Waals surface area contributed by atoms with Crippen LogP contribution in [0.2, 0.25) is 0 Å². The highest BCUT2D eigenvalue weighted by Crippen LogP contribution is 2.45. The second kappa shape index (κ2) is 7.13. The monoisotopic (exact) mass is 369 g/mol. The number of nitrogens with one attached hydrogen (secondary N) is 1. The average Bonchev–Trinajstić information content (AvgIpc) is 3.20. The van der Waals surface area contributed by atoms with Crippen molar-refractivity contribution in [3.05, 3.63) is 47.9 Å². The van der Waals surface area contributed by atoms with Crippen molar-refractivity contribution in [3.8, 4) is 0 Å². The molecule has 2 aliphatic heterocycles. The van der Waals surface area contributed by atoms with E-state index in [1.807, 2.05) is 24.0 Å². The van der Waals surface area contributed by atoms with Crippen LogP contribution in [0, 0.1) is 17.7 Å². The lowest BCUT2D eigenvalue weighted by Crippen LogP contribution is -2.34. The Labute approximate surface area is 158 Å². The first kappa shape index (κ1) is 17.7. The summed E-state index contributed by atoms with van der Waals surface area (Å²) in [6.07, 6.45) is 1.76. The highest BCUT2D eigenvalue weighted by atomic mass is 19.1. The molecule has 0 bridgehead atoms. The molecule has 2 saturated heterocycles. The predicted molar refractivity (Wildman–Crippen MR) is 102 cm³/mol. The first-order valence-corrected chi connectivity index (χ1v) is 9.41. The zero-order valence-corrected chi connectivity index (χ0v) is 15.6. The number of hydrogen-bond donors (Lipinski definition) is 1. The number of hydrogen-bond acceptors (Lipinski definition) is 5. The Morgan fingerprint density at radius 2 is 2.15 bits per heavy atom. The van der Waals surface area contributed by atoms with E-state index in [0.29, 0.717) is 18.4 Å². The third-order valence-corrected chi connectivity index (χ3v) is 5.54. The quantitative estimate of drug-likeness (QED) is 0.898. The lowest BCUT2D eigenvalue weighted by molar-refractivity contribution is -0.130. The highest BCUT2D eigenvalue weighted by Gasteiger charge is 2.49. The van der Waals surface area contributed by atoms with Gasteiger partial charge in [0, 0.05) is 51.1 Å². The van der Waals surface area contributed by atoms with Gasteiger partial charge in [0.1, 0.15) is 11.6 Å². The SMILES string of the molecule is CCNc1ccnc(N2C[C@@H]3CN(C(C)=O)[C@@H](c4cccc(F)c4)[C@@H]3C2)n1. The fourth-order valence-electron chi connectivity index (χ4n) is 4.43. The molecule has 4 rings (SSSR count). The van der Waals surface area contributed by atoms with E-state index in [4.69, 9.17) is 0 Å². The van der Waals surface area contributed by atoms with Gasteiger partial charge in [0.15, 0.2) is 0 Å². The van der Waals surface area contributed by atoms with E-state index in [1.54, 1.807) is 25.3 Å². The Bertz CT molecular complexity index is 845. The van der Waals surface area contributed by atoms with Crippen molar-refractivity contribution in [2.24, 2.45) is 11.8 Å².